The number of hydrogen-bond donors (Lipinski definition) is 0. The van der Waals surface area contributed by atoms with Crippen molar-refractivity contribution in [2.24, 2.45) is 7.05 Å². The van der Waals surface area contributed by atoms with Crippen LogP contribution in [-0.4, -0.2) is 51.8 Å². The molecule has 7 nitrogen and oxygen atoms in total. The lowest BCUT2D eigenvalue weighted by Crippen LogP contribution is -2.57. The molecule has 1 aliphatic heterocycles. The molecule has 0 unspecified atom stereocenters. The number of likely N-dealkylation sites (tertiary alicyclic amines) is 1. The maximum absolute atomic E-state index is 5.58. The highest BCUT2D eigenvalue weighted by Gasteiger charge is 2.44. The van der Waals surface area contributed by atoms with Crippen molar-refractivity contribution in [2.75, 3.05) is 32.1 Å². The van der Waals surface area contributed by atoms with Crippen molar-refractivity contribution in [3.05, 3.63) is 23.7 Å². The Kier molecular flexibility index (Phi) is 3.24. The van der Waals surface area contributed by atoms with Gasteiger partial charge < -0.3 is 13.9 Å². The summed E-state index contributed by atoms with van der Waals surface area (Å²) in [5.41, 5.74) is 1.19. The van der Waals surface area contributed by atoms with Gasteiger partial charge in [0, 0.05) is 47.7 Å². The standard InChI is InChI=1S/C14H22N6O/c1-10-16-17-12(21-10)14(2)8-20(9-14)7-11-6-15-13(18(3)4)19(11)5/h6H,7-9H2,1-5H3. The molecule has 2 aromatic heterocycles. The average Bonchev–Trinajstić information content (AvgIpc) is 2.95. The van der Waals surface area contributed by atoms with Crippen molar-refractivity contribution in [1.29, 1.82) is 0 Å². The van der Waals surface area contributed by atoms with Crippen LogP contribution >= 0.6 is 0 Å². The van der Waals surface area contributed by atoms with Gasteiger partial charge in [0.25, 0.3) is 0 Å². The molecule has 0 radical (unpaired) electrons. The topological polar surface area (TPSA) is 63.2 Å². The van der Waals surface area contributed by atoms with E-state index in [2.05, 4.69) is 38.6 Å². The van der Waals surface area contributed by atoms with Gasteiger partial charge in [-0.2, -0.15) is 0 Å². The number of hydrogen-bond acceptors (Lipinski definition) is 6. The van der Waals surface area contributed by atoms with Gasteiger partial charge in [-0.25, -0.2) is 4.98 Å². The predicted octanol–water partition coefficient (Wildman–Crippen LogP) is 0.951. The number of aryl methyl sites for hydroxylation is 1. The lowest BCUT2D eigenvalue weighted by Gasteiger charge is -2.45. The number of anilines is 1. The average molecular weight is 290 g/mol. The zero-order valence-electron chi connectivity index (χ0n) is 13.3. The van der Waals surface area contributed by atoms with Crippen LogP contribution in [0.2, 0.25) is 0 Å². The van der Waals surface area contributed by atoms with E-state index in [4.69, 9.17) is 4.42 Å². The summed E-state index contributed by atoms with van der Waals surface area (Å²) in [4.78, 5) is 8.84. The van der Waals surface area contributed by atoms with Crippen LogP contribution in [0.4, 0.5) is 5.95 Å². The summed E-state index contributed by atoms with van der Waals surface area (Å²) in [7, 11) is 6.06. The van der Waals surface area contributed by atoms with Gasteiger partial charge in [0.05, 0.1) is 17.3 Å². The molecule has 7 heteroatoms. The van der Waals surface area contributed by atoms with E-state index in [1.807, 2.05) is 32.1 Å². The molecule has 1 saturated heterocycles. The van der Waals surface area contributed by atoms with Crippen LogP contribution in [0, 0.1) is 6.92 Å². The van der Waals surface area contributed by atoms with Gasteiger partial charge in [-0.3, -0.25) is 4.90 Å². The Morgan fingerprint density at radius 2 is 2.05 bits per heavy atom. The van der Waals surface area contributed by atoms with Crippen molar-refractivity contribution >= 4 is 5.95 Å². The van der Waals surface area contributed by atoms with E-state index in [9.17, 15) is 0 Å². The van der Waals surface area contributed by atoms with Crippen LogP contribution < -0.4 is 4.90 Å². The summed E-state index contributed by atoms with van der Waals surface area (Å²) in [5.74, 6) is 2.35. The minimum absolute atomic E-state index is 0.0236. The van der Waals surface area contributed by atoms with Gasteiger partial charge in [0.1, 0.15) is 0 Å². The van der Waals surface area contributed by atoms with E-state index >= 15 is 0 Å². The zero-order valence-corrected chi connectivity index (χ0v) is 13.3. The SMILES string of the molecule is Cc1nnc(C2(C)CN(Cc3cnc(N(C)C)n3C)C2)o1. The molecule has 0 atom stereocenters. The van der Waals surface area contributed by atoms with Crippen LogP contribution in [0.25, 0.3) is 0 Å². The maximum Gasteiger partial charge on any atom is 0.224 e. The van der Waals surface area contributed by atoms with Crippen molar-refractivity contribution in [3.63, 3.8) is 0 Å². The molecule has 0 aromatic carbocycles. The van der Waals surface area contributed by atoms with Crippen molar-refractivity contribution in [1.82, 2.24) is 24.6 Å². The molecule has 0 spiro atoms. The lowest BCUT2D eigenvalue weighted by molar-refractivity contribution is 0.0486. The second-order valence-electron chi connectivity index (χ2n) is 6.34. The fraction of sp³-hybridized carbons (Fsp3) is 0.643. The van der Waals surface area contributed by atoms with Crippen LogP contribution in [0.3, 0.4) is 0 Å². The Morgan fingerprint density at radius 1 is 1.33 bits per heavy atom. The van der Waals surface area contributed by atoms with E-state index in [0.29, 0.717) is 5.89 Å². The molecule has 3 heterocycles. The number of aromatic nitrogens is 4. The van der Waals surface area contributed by atoms with Gasteiger partial charge in [0.2, 0.25) is 17.7 Å². The first-order valence-electron chi connectivity index (χ1n) is 7.10. The molecule has 114 valence electrons. The molecule has 0 bridgehead atoms. The third-order valence-corrected chi connectivity index (χ3v) is 4.03. The highest BCUT2D eigenvalue weighted by molar-refractivity contribution is 5.31. The molecule has 0 aliphatic carbocycles. The highest BCUT2D eigenvalue weighted by Crippen LogP contribution is 2.34. The quantitative estimate of drug-likeness (QED) is 0.835. The van der Waals surface area contributed by atoms with E-state index in [-0.39, 0.29) is 5.41 Å². The van der Waals surface area contributed by atoms with Gasteiger partial charge in [-0.15, -0.1) is 10.2 Å². The summed E-state index contributed by atoms with van der Waals surface area (Å²) in [6.45, 7) is 6.74. The summed E-state index contributed by atoms with van der Waals surface area (Å²) in [6, 6.07) is 0. The number of rotatable bonds is 4. The first-order valence-corrected chi connectivity index (χ1v) is 7.10. The molecule has 1 aliphatic rings. The van der Waals surface area contributed by atoms with E-state index in [1.165, 1.54) is 5.69 Å². The summed E-state index contributed by atoms with van der Waals surface area (Å²) >= 11 is 0. The van der Waals surface area contributed by atoms with Crippen LogP contribution in [-0.2, 0) is 19.0 Å². The Balaban J connectivity index is 1.65. The third-order valence-electron chi connectivity index (χ3n) is 4.03. The van der Waals surface area contributed by atoms with Crippen molar-refractivity contribution < 1.29 is 4.42 Å². The van der Waals surface area contributed by atoms with E-state index in [0.717, 1.165) is 31.5 Å². The monoisotopic (exact) mass is 290 g/mol. The lowest BCUT2D eigenvalue weighted by atomic mass is 9.82. The van der Waals surface area contributed by atoms with Crippen LogP contribution in [0.5, 0.6) is 0 Å². The summed E-state index contributed by atoms with van der Waals surface area (Å²) in [6.07, 6.45) is 1.95. The normalized spacial score (nSPS) is 17.8. The maximum atomic E-state index is 5.58. The Labute approximate surface area is 124 Å². The number of nitrogens with zero attached hydrogens (tertiary/aromatic N) is 6. The van der Waals surface area contributed by atoms with Gasteiger partial charge in [-0.1, -0.05) is 0 Å². The predicted molar refractivity (Wildman–Crippen MR) is 79.2 cm³/mol. The highest BCUT2D eigenvalue weighted by atomic mass is 16.4. The Morgan fingerprint density at radius 3 is 2.57 bits per heavy atom. The third kappa shape index (κ3) is 2.42. The second kappa shape index (κ2) is 4.84. The molecule has 0 N–H and O–H groups in total. The molecule has 3 rings (SSSR count). The largest absolute Gasteiger partial charge is 0.425 e. The van der Waals surface area contributed by atoms with Gasteiger partial charge in [0.15, 0.2) is 0 Å². The fourth-order valence-corrected chi connectivity index (χ4v) is 2.95. The summed E-state index contributed by atoms with van der Waals surface area (Å²) < 4.78 is 7.71. The van der Waals surface area contributed by atoms with E-state index in [1.54, 1.807) is 0 Å². The zero-order chi connectivity index (χ0) is 15.2. The minimum Gasteiger partial charge on any atom is -0.425 e. The fourth-order valence-electron chi connectivity index (χ4n) is 2.95. The smallest absolute Gasteiger partial charge is 0.224 e. The van der Waals surface area contributed by atoms with Gasteiger partial charge in [-0.05, 0) is 6.92 Å². The van der Waals surface area contributed by atoms with E-state index < -0.39 is 0 Å². The van der Waals surface area contributed by atoms with Crippen LogP contribution in [0.1, 0.15) is 24.4 Å². The van der Waals surface area contributed by atoms with Crippen molar-refractivity contribution in [2.45, 2.75) is 25.8 Å². The summed E-state index contributed by atoms with van der Waals surface area (Å²) in [5, 5.41) is 8.08. The van der Waals surface area contributed by atoms with Crippen molar-refractivity contribution in [3.8, 4) is 0 Å². The molecule has 0 saturated carbocycles. The Hall–Kier alpha value is -1.89. The second-order valence-corrected chi connectivity index (χ2v) is 6.34. The van der Waals surface area contributed by atoms with Crippen LogP contribution in [0.15, 0.2) is 10.6 Å². The first kappa shape index (κ1) is 14.1. The Bertz CT molecular complexity index is 638. The molecule has 1 fully saturated rings. The molecule has 0 amide bonds. The molecule has 2 aromatic rings. The first-order chi connectivity index (χ1) is 9.89. The molecular formula is C14H22N6O. The molecule has 21 heavy (non-hydrogen) atoms. The number of imidazole rings is 1. The molecular weight excluding hydrogens is 268 g/mol. The van der Waals surface area contributed by atoms with Gasteiger partial charge >= 0.3 is 0 Å². The minimum atomic E-state index is -0.0236.